The van der Waals surface area contributed by atoms with Crippen LogP contribution in [-0.4, -0.2) is 32.7 Å². The first kappa shape index (κ1) is 13.2. The summed E-state index contributed by atoms with van der Waals surface area (Å²) in [6.07, 6.45) is 8.03. The molecule has 0 fully saturated rings. The van der Waals surface area contributed by atoms with E-state index in [9.17, 15) is 13.2 Å². The Hall–Kier alpha value is -0.880. The van der Waals surface area contributed by atoms with E-state index in [0.29, 0.717) is 0 Å². The first-order valence-corrected chi connectivity index (χ1v) is 7.22. The zero-order valence-corrected chi connectivity index (χ0v) is 10.4. The van der Waals surface area contributed by atoms with E-state index in [0.717, 1.165) is 25.5 Å². The van der Waals surface area contributed by atoms with Gasteiger partial charge in [0.25, 0.3) is 0 Å². The monoisotopic (exact) mass is 246 g/mol. The van der Waals surface area contributed by atoms with Crippen LogP contribution in [-0.2, 0) is 14.8 Å². The highest BCUT2D eigenvalue weighted by Gasteiger charge is 2.19. The summed E-state index contributed by atoms with van der Waals surface area (Å²) in [6.45, 7) is 1.53. The van der Waals surface area contributed by atoms with E-state index >= 15 is 0 Å². The van der Waals surface area contributed by atoms with Crippen LogP contribution in [0.3, 0.4) is 0 Å². The van der Waals surface area contributed by atoms with Crippen LogP contribution in [0.5, 0.6) is 0 Å². The summed E-state index contributed by atoms with van der Waals surface area (Å²) < 4.78 is 24.1. The van der Waals surface area contributed by atoms with Crippen molar-refractivity contribution in [2.75, 3.05) is 6.26 Å². The minimum Gasteiger partial charge on any atom is -0.349 e. The van der Waals surface area contributed by atoms with Crippen LogP contribution < -0.4 is 10.0 Å². The summed E-state index contributed by atoms with van der Waals surface area (Å²) in [7, 11) is -3.34. The average Bonchev–Trinajstić information content (AvgIpc) is 2.16. The molecule has 1 aliphatic rings. The highest BCUT2D eigenvalue weighted by molar-refractivity contribution is 7.88. The van der Waals surface area contributed by atoms with E-state index < -0.39 is 16.1 Å². The molecule has 0 unspecified atom stereocenters. The van der Waals surface area contributed by atoms with Crippen molar-refractivity contribution < 1.29 is 13.2 Å². The Labute approximate surface area is 96.4 Å². The average molecular weight is 246 g/mol. The lowest BCUT2D eigenvalue weighted by Gasteiger charge is -2.20. The first-order chi connectivity index (χ1) is 7.38. The normalized spacial score (nSPS) is 22.8. The molecule has 1 rings (SSSR count). The fraction of sp³-hybridized carbons (Fsp3) is 0.700. The van der Waals surface area contributed by atoms with Crippen molar-refractivity contribution in [3.8, 4) is 0 Å². The Kier molecular flexibility index (Phi) is 4.49. The van der Waals surface area contributed by atoms with Crippen molar-refractivity contribution in [3.05, 3.63) is 12.2 Å². The Balaban J connectivity index is 2.45. The van der Waals surface area contributed by atoms with Crippen LogP contribution in [0.1, 0.15) is 26.2 Å². The summed E-state index contributed by atoms with van der Waals surface area (Å²) in [5.41, 5.74) is 0. The topological polar surface area (TPSA) is 75.3 Å². The number of rotatable bonds is 4. The van der Waals surface area contributed by atoms with E-state index in [1.807, 2.05) is 12.2 Å². The zero-order chi connectivity index (χ0) is 12.2. The van der Waals surface area contributed by atoms with Crippen LogP contribution in [0.2, 0.25) is 0 Å². The van der Waals surface area contributed by atoms with E-state index in [-0.39, 0.29) is 11.9 Å². The van der Waals surface area contributed by atoms with Crippen molar-refractivity contribution in [2.24, 2.45) is 0 Å². The Morgan fingerprint density at radius 1 is 1.50 bits per heavy atom. The van der Waals surface area contributed by atoms with Gasteiger partial charge in [-0.15, -0.1) is 0 Å². The molecule has 1 amide bonds. The van der Waals surface area contributed by atoms with Gasteiger partial charge in [0.05, 0.1) is 12.3 Å². The lowest BCUT2D eigenvalue weighted by molar-refractivity contribution is -0.122. The smallest absolute Gasteiger partial charge is 0.238 e. The number of carbonyl (C=O) groups is 1. The lowest BCUT2D eigenvalue weighted by Crippen LogP contribution is -2.47. The number of hydrogen-bond donors (Lipinski definition) is 2. The summed E-state index contributed by atoms with van der Waals surface area (Å²) >= 11 is 0. The SMILES string of the molecule is C[C@@H](NS(C)(=O)=O)C(=O)N[C@H]1C=CCCC1. The molecule has 2 atom stereocenters. The molecule has 6 heteroatoms. The van der Waals surface area contributed by atoms with Crippen molar-refractivity contribution in [2.45, 2.75) is 38.3 Å². The van der Waals surface area contributed by atoms with Crippen molar-refractivity contribution >= 4 is 15.9 Å². The molecule has 0 heterocycles. The van der Waals surface area contributed by atoms with Crippen LogP contribution in [0.15, 0.2) is 12.2 Å². The molecule has 0 aromatic rings. The molecule has 92 valence electrons. The molecule has 0 aromatic carbocycles. The van der Waals surface area contributed by atoms with Gasteiger partial charge < -0.3 is 5.32 Å². The number of carbonyl (C=O) groups excluding carboxylic acids is 1. The number of hydrogen-bond acceptors (Lipinski definition) is 3. The third-order valence-electron chi connectivity index (χ3n) is 2.37. The van der Waals surface area contributed by atoms with Gasteiger partial charge in [-0.25, -0.2) is 13.1 Å². The van der Waals surface area contributed by atoms with Gasteiger partial charge in [0.15, 0.2) is 0 Å². The van der Waals surface area contributed by atoms with Crippen LogP contribution in [0.25, 0.3) is 0 Å². The van der Waals surface area contributed by atoms with Gasteiger partial charge in [-0.1, -0.05) is 12.2 Å². The highest BCUT2D eigenvalue weighted by atomic mass is 32.2. The molecule has 0 aromatic heterocycles. The number of nitrogens with one attached hydrogen (secondary N) is 2. The van der Waals surface area contributed by atoms with E-state index in [1.165, 1.54) is 6.92 Å². The van der Waals surface area contributed by atoms with Crippen LogP contribution >= 0.6 is 0 Å². The Morgan fingerprint density at radius 3 is 2.69 bits per heavy atom. The van der Waals surface area contributed by atoms with Gasteiger partial charge in [-0.2, -0.15) is 0 Å². The molecular formula is C10H18N2O3S. The maximum absolute atomic E-state index is 11.6. The summed E-state index contributed by atoms with van der Waals surface area (Å²) in [5, 5.41) is 2.79. The third kappa shape index (κ3) is 4.76. The first-order valence-electron chi connectivity index (χ1n) is 5.33. The maximum atomic E-state index is 11.6. The second-order valence-corrected chi connectivity index (χ2v) is 5.87. The van der Waals surface area contributed by atoms with Crippen molar-refractivity contribution in [1.29, 1.82) is 0 Å². The van der Waals surface area contributed by atoms with Crippen molar-refractivity contribution in [1.82, 2.24) is 10.0 Å². The highest BCUT2D eigenvalue weighted by Crippen LogP contribution is 2.10. The van der Waals surface area contributed by atoms with Crippen LogP contribution in [0.4, 0.5) is 0 Å². The molecule has 0 radical (unpaired) electrons. The molecule has 5 nitrogen and oxygen atoms in total. The largest absolute Gasteiger partial charge is 0.349 e. The molecular weight excluding hydrogens is 228 g/mol. The summed E-state index contributed by atoms with van der Waals surface area (Å²) in [6, 6.07) is -0.699. The summed E-state index contributed by atoms with van der Waals surface area (Å²) in [4.78, 5) is 11.6. The second-order valence-electron chi connectivity index (χ2n) is 4.09. The molecule has 0 bridgehead atoms. The minimum absolute atomic E-state index is 0.0325. The van der Waals surface area contributed by atoms with Gasteiger partial charge in [0.2, 0.25) is 15.9 Å². The van der Waals surface area contributed by atoms with Crippen LogP contribution in [0, 0.1) is 0 Å². The molecule has 16 heavy (non-hydrogen) atoms. The fourth-order valence-corrected chi connectivity index (χ4v) is 2.36. The van der Waals surface area contributed by atoms with Gasteiger partial charge in [0.1, 0.15) is 0 Å². The Morgan fingerprint density at radius 2 is 2.19 bits per heavy atom. The number of amides is 1. The molecule has 0 aliphatic heterocycles. The molecule has 0 spiro atoms. The van der Waals surface area contributed by atoms with E-state index in [1.54, 1.807) is 0 Å². The molecule has 2 N–H and O–H groups in total. The second kappa shape index (κ2) is 5.45. The number of sulfonamides is 1. The van der Waals surface area contributed by atoms with Gasteiger partial charge >= 0.3 is 0 Å². The molecule has 1 aliphatic carbocycles. The fourth-order valence-electron chi connectivity index (χ4n) is 1.61. The zero-order valence-electron chi connectivity index (χ0n) is 9.56. The predicted octanol–water partition coefficient (Wildman–Crippen LogP) is 0.149. The van der Waals surface area contributed by atoms with E-state index in [4.69, 9.17) is 0 Å². The van der Waals surface area contributed by atoms with Gasteiger partial charge in [-0.3, -0.25) is 4.79 Å². The maximum Gasteiger partial charge on any atom is 0.238 e. The third-order valence-corrected chi connectivity index (χ3v) is 3.15. The lowest BCUT2D eigenvalue weighted by atomic mass is 10.0. The van der Waals surface area contributed by atoms with Gasteiger partial charge in [0, 0.05) is 6.04 Å². The predicted molar refractivity (Wildman–Crippen MR) is 62.4 cm³/mol. The van der Waals surface area contributed by atoms with E-state index in [2.05, 4.69) is 10.0 Å². The summed E-state index contributed by atoms with van der Waals surface area (Å²) in [5.74, 6) is -0.290. The quantitative estimate of drug-likeness (QED) is 0.693. The minimum atomic E-state index is -3.34. The van der Waals surface area contributed by atoms with Gasteiger partial charge in [-0.05, 0) is 26.2 Å². The van der Waals surface area contributed by atoms with Crippen molar-refractivity contribution in [3.63, 3.8) is 0 Å². The number of allylic oxidation sites excluding steroid dienone is 1. The molecule has 0 saturated carbocycles. The Bertz CT molecular complexity index is 376. The standard InChI is InChI=1S/C10H18N2O3S/c1-8(12-16(2,14)15)10(13)11-9-6-4-3-5-7-9/h4,6,8-9,12H,3,5,7H2,1-2H3,(H,11,13)/t8-,9+/m1/s1. The molecule has 0 saturated heterocycles.